The molecule has 2 aromatic rings. The van der Waals surface area contributed by atoms with E-state index < -0.39 is 0 Å². The van der Waals surface area contributed by atoms with Crippen molar-refractivity contribution < 1.29 is 13.6 Å². The second-order valence-corrected chi connectivity index (χ2v) is 4.63. The van der Waals surface area contributed by atoms with Crippen LogP contribution in [-0.2, 0) is 17.9 Å². The quantitative estimate of drug-likeness (QED) is 0.813. The number of carbonyl (C=O) groups excluding carboxylic acids is 1. The number of hydrogen-bond donors (Lipinski definition) is 0. The first kappa shape index (κ1) is 11.1. The summed E-state index contributed by atoms with van der Waals surface area (Å²) in [6, 6.07) is 7.44. The van der Waals surface area contributed by atoms with E-state index in [4.69, 9.17) is 8.83 Å². The lowest BCUT2D eigenvalue weighted by atomic mass is 10.3. The molecular weight excluding hydrogens is 230 g/mol. The average molecular weight is 245 g/mol. The number of hydrogen-bond acceptors (Lipinski definition) is 3. The van der Waals surface area contributed by atoms with Gasteiger partial charge in [0.25, 0.3) is 0 Å². The summed E-state index contributed by atoms with van der Waals surface area (Å²) in [6.45, 7) is 1.01. The van der Waals surface area contributed by atoms with E-state index in [0.29, 0.717) is 13.1 Å². The largest absolute Gasteiger partial charge is 0.467 e. The van der Waals surface area contributed by atoms with Crippen LogP contribution >= 0.6 is 0 Å². The predicted molar refractivity (Wildman–Crippen MR) is 64.4 cm³/mol. The van der Waals surface area contributed by atoms with Crippen LogP contribution in [0.25, 0.3) is 0 Å². The molecule has 1 saturated carbocycles. The van der Waals surface area contributed by atoms with Crippen LogP contribution in [0.5, 0.6) is 0 Å². The molecule has 0 saturated heterocycles. The van der Waals surface area contributed by atoms with E-state index in [2.05, 4.69) is 0 Å². The van der Waals surface area contributed by atoms with Gasteiger partial charge in [-0.25, -0.2) is 0 Å². The smallest absolute Gasteiger partial charge is 0.226 e. The van der Waals surface area contributed by atoms with E-state index >= 15 is 0 Å². The van der Waals surface area contributed by atoms with E-state index in [9.17, 15) is 4.79 Å². The fourth-order valence-corrected chi connectivity index (χ4v) is 1.98. The maximum atomic E-state index is 12.2. The third kappa shape index (κ3) is 2.47. The van der Waals surface area contributed by atoms with Crippen LogP contribution in [0.15, 0.2) is 45.6 Å². The van der Waals surface area contributed by atoms with Crippen LogP contribution in [0.2, 0.25) is 0 Å². The Balaban J connectivity index is 1.72. The first-order valence-electron chi connectivity index (χ1n) is 6.16. The highest BCUT2D eigenvalue weighted by Gasteiger charge is 2.34. The molecule has 2 aromatic heterocycles. The maximum absolute atomic E-state index is 12.2. The van der Waals surface area contributed by atoms with Crippen LogP contribution < -0.4 is 0 Å². The van der Waals surface area contributed by atoms with E-state index in [1.54, 1.807) is 17.4 Å². The second kappa shape index (κ2) is 4.72. The number of carbonyl (C=O) groups is 1. The maximum Gasteiger partial charge on any atom is 0.226 e. The number of furan rings is 2. The third-order valence-corrected chi connectivity index (χ3v) is 3.09. The third-order valence-electron chi connectivity index (χ3n) is 3.09. The van der Waals surface area contributed by atoms with Crippen LogP contribution in [0.4, 0.5) is 0 Å². The lowest BCUT2D eigenvalue weighted by molar-refractivity contribution is -0.134. The summed E-state index contributed by atoms with van der Waals surface area (Å²) >= 11 is 0. The van der Waals surface area contributed by atoms with Crippen LogP contribution in [-0.4, -0.2) is 10.8 Å². The minimum Gasteiger partial charge on any atom is -0.467 e. The lowest BCUT2D eigenvalue weighted by Gasteiger charge is -2.20. The Hall–Kier alpha value is -1.97. The molecule has 0 N–H and O–H groups in total. The molecule has 3 rings (SSSR count). The topological polar surface area (TPSA) is 46.6 Å². The minimum absolute atomic E-state index is 0.197. The summed E-state index contributed by atoms with van der Waals surface area (Å²) in [6.07, 6.45) is 5.27. The van der Waals surface area contributed by atoms with Crippen LogP contribution in [0, 0.1) is 5.92 Å². The second-order valence-electron chi connectivity index (χ2n) is 4.63. The first-order chi connectivity index (χ1) is 8.83. The van der Waals surface area contributed by atoms with Gasteiger partial charge in [0, 0.05) is 5.92 Å². The van der Waals surface area contributed by atoms with Gasteiger partial charge in [-0.1, -0.05) is 0 Å². The fraction of sp³-hybridized carbons (Fsp3) is 0.357. The molecule has 0 unspecified atom stereocenters. The molecule has 0 bridgehead atoms. The van der Waals surface area contributed by atoms with Crippen molar-refractivity contribution in [1.82, 2.24) is 4.90 Å². The van der Waals surface area contributed by atoms with E-state index in [1.165, 1.54) is 0 Å². The minimum atomic E-state index is 0.197. The van der Waals surface area contributed by atoms with Crippen molar-refractivity contribution in [1.29, 1.82) is 0 Å². The molecule has 0 aliphatic heterocycles. The van der Waals surface area contributed by atoms with Gasteiger partial charge in [0.15, 0.2) is 0 Å². The van der Waals surface area contributed by atoms with E-state index in [-0.39, 0.29) is 11.8 Å². The molecule has 94 valence electrons. The molecule has 1 amide bonds. The SMILES string of the molecule is O=C(C1CC1)N(Cc1ccco1)Cc1ccco1. The van der Waals surface area contributed by atoms with Gasteiger partial charge < -0.3 is 13.7 Å². The normalized spacial score (nSPS) is 14.7. The molecule has 0 aromatic carbocycles. The molecule has 1 aliphatic rings. The average Bonchev–Trinajstić information content (AvgIpc) is 2.88. The van der Waals surface area contributed by atoms with Crippen molar-refractivity contribution in [2.75, 3.05) is 0 Å². The lowest BCUT2D eigenvalue weighted by Crippen LogP contribution is -2.31. The van der Waals surface area contributed by atoms with Crippen molar-refractivity contribution in [2.24, 2.45) is 5.92 Å². The predicted octanol–water partition coefficient (Wildman–Crippen LogP) is 2.81. The molecule has 1 fully saturated rings. The molecular formula is C14H15NO3. The molecule has 18 heavy (non-hydrogen) atoms. The highest BCUT2D eigenvalue weighted by molar-refractivity contribution is 5.80. The van der Waals surface area contributed by atoms with Gasteiger partial charge in [0.05, 0.1) is 25.6 Å². The summed E-state index contributed by atoms with van der Waals surface area (Å²) in [5, 5.41) is 0. The van der Waals surface area contributed by atoms with Crippen LogP contribution in [0.3, 0.4) is 0 Å². The molecule has 2 heterocycles. The van der Waals surface area contributed by atoms with Crippen LogP contribution in [0.1, 0.15) is 24.4 Å². The van der Waals surface area contributed by atoms with Gasteiger partial charge >= 0.3 is 0 Å². The van der Waals surface area contributed by atoms with Gasteiger partial charge in [0.1, 0.15) is 11.5 Å². The Morgan fingerprint density at radius 3 is 2.06 bits per heavy atom. The Bertz CT molecular complexity index is 461. The Morgan fingerprint density at radius 2 is 1.67 bits per heavy atom. The molecule has 0 spiro atoms. The number of nitrogens with zero attached hydrogens (tertiary/aromatic N) is 1. The highest BCUT2D eigenvalue weighted by Crippen LogP contribution is 2.32. The first-order valence-corrected chi connectivity index (χ1v) is 6.16. The molecule has 1 aliphatic carbocycles. The van der Waals surface area contributed by atoms with E-state index in [0.717, 1.165) is 24.4 Å². The van der Waals surface area contributed by atoms with Gasteiger partial charge in [-0.05, 0) is 37.1 Å². The standard InChI is InChI=1S/C14H15NO3/c16-14(11-5-6-11)15(9-12-3-1-7-17-12)10-13-4-2-8-18-13/h1-4,7-8,11H,5-6,9-10H2. The number of rotatable bonds is 5. The van der Waals surface area contributed by atoms with Crippen molar-refractivity contribution in [3.8, 4) is 0 Å². The summed E-state index contributed by atoms with van der Waals surface area (Å²) in [5.41, 5.74) is 0. The van der Waals surface area contributed by atoms with E-state index in [1.807, 2.05) is 24.3 Å². The van der Waals surface area contributed by atoms with Crippen molar-refractivity contribution in [3.05, 3.63) is 48.3 Å². The zero-order valence-corrected chi connectivity index (χ0v) is 10.0. The monoisotopic (exact) mass is 245 g/mol. The van der Waals surface area contributed by atoms with Gasteiger partial charge in [-0.3, -0.25) is 4.79 Å². The Labute approximate surface area is 105 Å². The van der Waals surface area contributed by atoms with Crippen molar-refractivity contribution in [3.63, 3.8) is 0 Å². The highest BCUT2D eigenvalue weighted by atomic mass is 16.3. The Morgan fingerprint density at radius 1 is 1.11 bits per heavy atom. The summed E-state index contributed by atoms with van der Waals surface area (Å²) in [5.74, 6) is 2.00. The van der Waals surface area contributed by atoms with Crippen molar-refractivity contribution in [2.45, 2.75) is 25.9 Å². The summed E-state index contributed by atoms with van der Waals surface area (Å²) in [7, 11) is 0. The zero-order valence-electron chi connectivity index (χ0n) is 10.0. The van der Waals surface area contributed by atoms with Crippen molar-refractivity contribution >= 4 is 5.91 Å². The van der Waals surface area contributed by atoms with Gasteiger partial charge in [0.2, 0.25) is 5.91 Å². The molecule has 4 heteroatoms. The molecule has 0 atom stereocenters. The fourth-order valence-electron chi connectivity index (χ4n) is 1.98. The molecule has 0 radical (unpaired) electrons. The summed E-state index contributed by atoms with van der Waals surface area (Å²) in [4.78, 5) is 14.0. The Kier molecular flexibility index (Phi) is 2.92. The summed E-state index contributed by atoms with van der Waals surface area (Å²) < 4.78 is 10.6. The van der Waals surface area contributed by atoms with Gasteiger partial charge in [-0.2, -0.15) is 0 Å². The molecule has 4 nitrogen and oxygen atoms in total. The zero-order chi connectivity index (χ0) is 12.4. The number of amides is 1. The van der Waals surface area contributed by atoms with Gasteiger partial charge in [-0.15, -0.1) is 0 Å².